The van der Waals surface area contributed by atoms with Crippen molar-refractivity contribution in [3.05, 3.63) is 29.3 Å². The second-order valence-electron chi connectivity index (χ2n) is 4.18. The number of alkyl halides is 1. The average Bonchev–Trinajstić information content (AvgIpc) is 2.28. The van der Waals surface area contributed by atoms with Gasteiger partial charge in [0.2, 0.25) is 5.91 Å². The van der Waals surface area contributed by atoms with Crippen LogP contribution in [0.3, 0.4) is 0 Å². The van der Waals surface area contributed by atoms with Crippen LogP contribution in [-0.2, 0) is 17.6 Å². The Hall–Kier alpha value is -0.830. The maximum absolute atomic E-state index is 11.5. The van der Waals surface area contributed by atoms with Gasteiger partial charge in [0.25, 0.3) is 0 Å². The molecule has 3 heteroatoms. The van der Waals surface area contributed by atoms with Crippen molar-refractivity contribution in [3.63, 3.8) is 0 Å². The zero-order chi connectivity index (χ0) is 11.5. The smallest absolute Gasteiger partial charge is 0.223 e. The number of benzene rings is 1. The van der Waals surface area contributed by atoms with Crippen molar-refractivity contribution in [2.24, 2.45) is 0 Å². The Bertz CT molecular complexity index is 403. The SMILES string of the molecule is CC(=O)N1CCCc2cc(CCBr)ccc21. The zero-order valence-electron chi connectivity index (χ0n) is 9.50. The summed E-state index contributed by atoms with van der Waals surface area (Å²) in [5.41, 5.74) is 3.78. The summed E-state index contributed by atoms with van der Waals surface area (Å²) in [6.45, 7) is 2.50. The van der Waals surface area contributed by atoms with Crippen LogP contribution < -0.4 is 4.90 Å². The maximum Gasteiger partial charge on any atom is 0.223 e. The topological polar surface area (TPSA) is 20.3 Å². The molecule has 0 saturated heterocycles. The van der Waals surface area contributed by atoms with E-state index in [0.29, 0.717) is 0 Å². The second-order valence-corrected chi connectivity index (χ2v) is 4.97. The first kappa shape index (κ1) is 11.6. The van der Waals surface area contributed by atoms with Crippen LogP contribution in [0.4, 0.5) is 5.69 Å². The Labute approximate surface area is 105 Å². The highest BCUT2D eigenvalue weighted by Crippen LogP contribution is 2.28. The maximum atomic E-state index is 11.5. The van der Waals surface area contributed by atoms with Gasteiger partial charge >= 0.3 is 0 Å². The Morgan fingerprint density at radius 1 is 1.50 bits per heavy atom. The monoisotopic (exact) mass is 281 g/mol. The predicted molar refractivity (Wildman–Crippen MR) is 70.3 cm³/mol. The van der Waals surface area contributed by atoms with Gasteiger partial charge in [0.1, 0.15) is 0 Å². The molecule has 0 spiro atoms. The van der Waals surface area contributed by atoms with Crippen molar-refractivity contribution < 1.29 is 4.79 Å². The molecule has 0 aliphatic carbocycles. The first-order valence-electron chi connectivity index (χ1n) is 5.68. The van der Waals surface area contributed by atoms with Gasteiger partial charge in [0, 0.05) is 24.5 Å². The van der Waals surface area contributed by atoms with Crippen molar-refractivity contribution >= 4 is 27.5 Å². The van der Waals surface area contributed by atoms with Crippen LogP contribution in [0.1, 0.15) is 24.5 Å². The fourth-order valence-corrected chi connectivity index (χ4v) is 2.70. The molecule has 1 aromatic carbocycles. The van der Waals surface area contributed by atoms with Gasteiger partial charge < -0.3 is 4.90 Å². The summed E-state index contributed by atoms with van der Waals surface area (Å²) < 4.78 is 0. The predicted octanol–water partition coefficient (Wildman–Crippen LogP) is 2.92. The summed E-state index contributed by atoms with van der Waals surface area (Å²) in [5.74, 6) is 0.147. The van der Waals surface area contributed by atoms with Gasteiger partial charge in [-0.05, 0) is 36.5 Å². The van der Waals surface area contributed by atoms with E-state index in [4.69, 9.17) is 0 Å². The molecule has 0 N–H and O–H groups in total. The Morgan fingerprint density at radius 2 is 2.31 bits per heavy atom. The Balaban J connectivity index is 2.33. The number of carbonyl (C=O) groups excluding carboxylic acids is 1. The van der Waals surface area contributed by atoms with E-state index >= 15 is 0 Å². The number of fused-ring (bicyclic) bond motifs is 1. The summed E-state index contributed by atoms with van der Waals surface area (Å²) in [5, 5.41) is 0.988. The standard InChI is InChI=1S/C13H16BrNO/c1-10(16)15-8-2-3-12-9-11(6-7-14)4-5-13(12)15/h4-5,9H,2-3,6-8H2,1H3. The molecule has 16 heavy (non-hydrogen) atoms. The number of nitrogens with zero attached hydrogens (tertiary/aromatic N) is 1. The molecular weight excluding hydrogens is 266 g/mol. The average molecular weight is 282 g/mol. The van der Waals surface area contributed by atoms with Gasteiger partial charge in [-0.2, -0.15) is 0 Å². The van der Waals surface area contributed by atoms with Crippen molar-refractivity contribution in [3.8, 4) is 0 Å². The van der Waals surface area contributed by atoms with Gasteiger partial charge in [-0.3, -0.25) is 4.79 Å². The van der Waals surface area contributed by atoms with Gasteiger partial charge in [0.05, 0.1) is 0 Å². The van der Waals surface area contributed by atoms with Crippen LogP contribution in [0.15, 0.2) is 18.2 Å². The van der Waals surface area contributed by atoms with Gasteiger partial charge in [-0.1, -0.05) is 28.1 Å². The minimum Gasteiger partial charge on any atom is -0.312 e. The van der Waals surface area contributed by atoms with E-state index in [1.165, 1.54) is 11.1 Å². The molecule has 1 amide bonds. The number of halogens is 1. The van der Waals surface area contributed by atoms with Gasteiger partial charge in [-0.25, -0.2) is 0 Å². The second kappa shape index (κ2) is 5.00. The molecule has 0 aromatic heterocycles. The highest BCUT2D eigenvalue weighted by molar-refractivity contribution is 9.09. The lowest BCUT2D eigenvalue weighted by Gasteiger charge is -2.28. The van der Waals surface area contributed by atoms with Crippen molar-refractivity contribution in [2.75, 3.05) is 16.8 Å². The molecule has 0 unspecified atom stereocenters. The molecular formula is C13H16BrNO. The molecule has 86 valence electrons. The quantitative estimate of drug-likeness (QED) is 0.764. The van der Waals surface area contributed by atoms with Crippen LogP contribution in [0.5, 0.6) is 0 Å². The first-order chi connectivity index (χ1) is 7.72. The van der Waals surface area contributed by atoms with Gasteiger partial charge in [0.15, 0.2) is 0 Å². The molecule has 1 aliphatic rings. The number of hydrogen-bond donors (Lipinski definition) is 0. The van der Waals surface area contributed by atoms with Crippen molar-refractivity contribution in [1.29, 1.82) is 0 Å². The summed E-state index contributed by atoms with van der Waals surface area (Å²) in [6.07, 6.45) is 3.22. The van der Waals surface area contributed by atoms with E-state index in [-0.39, 0.29) is 5.91 Å². The van der Waals surface area contributed by atoms with Crippen molar-refractivity contribution in [1.82, 2.24) is 0 Å². The summed E-state index contributed by atoms with van der Waals surface area (Å²) in [7, 11) is 0. The van der Waals surface area contributed by atoms with Crippen LogP contribution in [-0.4, -0.2) is 17.8 Å². The molecule has 1 aliphatic heterocycles. The largest absolute Gasteiger partial charge is 0.312 e. The minimum absolute atomic E-state index is 0.147. The summed E-state index contributed by atoms with van der Waals surface area (Å²) in [4.78, 5) is 13.4. The van der Waals surface area contributed by atoms with Crippen LogP contribution >= 0.6 is 15.9 Å². The van der Waals surface area contributed by atoms with E-state index in [9.17, 15) is 4.79 Å². The fraction of sp³-hybridized carbons (Fsp3) is 0.462. The van der Waals surface area contributed by atoms with E-state index in [1.807, 2.05) is 4.90 Å². The highest BCUT2D eigenvalue weighted by Gasteiger charge is 2.19. The minimum atomic E-state index is 0.147. The highest BCUT2D eigenvalue weighted by atomic mass is 79.9. The molecule has 2 nitrogen and oxygen atoms in total. The lowest BCUT2D eigenvalue weighted by Crippen LogP contribution is -2.33. The summed E-state index contributed by atoms with van der Waals surface area (Å²) >= 11 is 3.45. The third-order valence-electron chi connectivity index (χ3n) is 3.03. The van der Waals surface area contributed by atoms with Crippen LogP contribution in [0, 0.1) is 0 Å². The van der Waals surface area contributed by atoms with Crippen molar-refractivity contribution in [2.45, 2.75) is 26.2 Å². The zero-order valence-corrected chi connectivity index (χ0v) is 11.1. The fourth-order valence-electron chi connectivity index (χ4n) is 2.24. The molecule has 0 saturated carbocycles. The number of anilines is 1. The van der Waals surface area contributed by atoms with E-state index < -0.39 is 0 Å². The van der Waals surface area contributed by atoms with Gasteiger partial charge in [-0.15, -0.1) is 0 Å². The van der Waals surface area contributed by atoms with E-state index in [0.717, 1.165) is 36.8 Å². The molecule has 1 heterocycles. The molecule has 0 fully saturated rings. The molecule has 0 bridgehead atoms. The van der Waals surface area contributed by atoms with Crippen LogP contribution in [0.25, 0.3) is 0 Å². The molecule has 0 radical (unpaired) electrons. The number of aryl methyl sites for hydroxylation is 2. The molecule has 1 aromatic rings. The lowest BCUT2D eigenvalue weighted by atomic mass is 9.98. The molecule has 2 rings (SSSR count). The van der Waals surface area contributed by atoms with Crippen LogP contribution in [0.2, 0.25) is 0 Å². The molecule has 0 atom stereocenters. The number of amides is 1. The number of carbonyl (C=O) groups is 1. The Morgan fingerprint density at radius 3 is 3.00 bits per heavy atom. The third-order valence-corrected chi connectivity index (χ3v) is 3.42. The number of hydrogen-bond acceptors (Lipinski definition) is 1. The third kappa shape index (κ3) is 2.29. The van der Waals surface area contributed by atoms with E-state index in [2.05, 4.69) is 34.1 Å². The first-order valence-corrected chi connectivity index (χ1v) is 6.80. The summed E-state index contributed by atoms with van der Waals surface area (Å²) in [6, 6.07) is 6.46. The Kier molecular flexibility index (Phi) is 3.64. The number of rotatable bonds is 2. The van der Waals surface area contributed by atoms with E-state index in [1.54, 1.807) is 6.92 Å². The normalized spacial score (nSPS) is 14.8. The lowest BCUT2D eigenvalue weighted by molar-refractivity contribution is -0.116.